The predicted octanol–water partition coefficient (Wildman–Crippen LogP) is 13.9. The summed E-state index contributed by atoms with van der Waals surface area (Å²) < 4.78 is 7.21. The van der Waals surface area contributed by atoms with E-state index in [0.717, 1.165) is 54.0 Å². The maximum absolute atomic E-state index is 14.0. The number of hydrogen-bond donors (Lipinski definition) is 2. The van der Waals surface area contributed by atoms with Crippen LogP contribution in [0.25, 0.3) is 16.5 Å². The molecule has 0 fully saturated rings. The Kier molecular flexibility index (Phi) is 14.6. The van der Waals surface area contributed by atoms with E-state index in [9.17, 15) is 9.59 Å². The number of esters is 1. The zero-order valence-corrected chi connectivity index (χ0v) is 32.4. The van der Waals surface area contributed by atoms with E-state index in [4.69, 9.17) is 51.1 Å². The second-order valence-corrected chi connectivity index (χ2v) is 14.4. The summed E-state index contributed by atoms with van der Waals surface area (Å²) >= 11 is 26.1. The van der Waals surface area contributed by atoms with Gasteiger partial charge < -0.3 is 10.1 Å². The van der Waals surface area contributed by atoms with Crippen molar-refractivity contribution in [2.45, 2.75) is 90.6 Å². The largest absolute Gasteiger partial charge is 0.459 e. The normalized spacial score (nSPS) is 12.1. The van der Waals surface area contributed by atoms with E-state index < -0.39 is 11.5 Å². The molecule has 5 rings (SSSR count). The molecule has 0 radical (unpaired) electrons. The highest BCUT2D eigenvalue weighted by molar-refractivity contribution is 6.40. The van der Waals surface area contributed by atoms with Gasteiger partial charge in [0.25, 0.3) is 0 Å². The Balaban J connectivity index is 1.44. The molecule has 5 aromatic rings. The Morgan fingerprint density at radius 1 is 0.808 bits per heavy atom. The van der Waals surface area contributed by atoms with Crippen LogP contribution in [-0.2, 0) is 4.74 Å². The van der Waals surface area contributed by atoms with Crippen LogP contribution < -0.4 is 10.9 Å². The number of nitrogens with zero attached hydrogens (tertiary/aromatic N) is 3. The van der Waals surface area contributed by atoms with Gasteiger partial charge in [0, 0.05) is 10.4 Å². The Morgan fingerprint density at radius 3 is 2.21 bits per heavy atom. The lowest BCUT2D eigenvalue weighted by molar-refractivity contribution is 0.0250. The van der Waals surface area contributed by atoms with Crippen LogP contribution >= 0.6 is 46.4 Å². The third kappa shape index (κ3) is 9.98. The first-order valence-corrected chi connectivity index (χ1v) is 19.4. The average molecular weight is 784 g/mol. The third-order valence-electron chi connectivity index (χ3n) is 8.86. The first-order valence-electron chi connectivity index (χ1n) is 17.9. The Morgan fingerprint density at radius 2 is 1.46 bits per heavy atom. The molecule has 1 unspecified atom stereocenters. The number of ether oxygens (including phenoxy) is 1. The highest BCUT2D eigenvalue weighted by Gasteiger charge is 2.23. The van der Waals surface area contributed by atoms with Crippen molar-refractivity contribution in [3.05, 3.63) is 109 Å². The fourth-order valence-electron chi connectivity index (χ4n) is 6.07. The lowest BCUT2D eigenvalue weighted by Crippen LogP contribution is -2.19. The van der Waals surface area contributed by atoms with Crippen LogP contribution in [0.15, 0.2) is 87.8 Å². The number of benzene rings is 4. The molecule has 1 atom stereocenters. The summed E-state index contributed by atoms with van der Waals surface area (Å²) in [7, 11) is 0. The van der Waals surface area contributed by atoms with Gasteiger partial charge in [-0.15, -0.1) is 10.2 Å². The van der Waals surface area contributed by atoms with Crippen molar-refractivity contribution in [3.63, 3.8) is 0 Å². The first-order chi connectivity index (χ1) is 25.2. The van der Waals surface area contributed by atoms with Crippen LogP contribution in [0, 0.1) is 0 Å². The van der Waals surface area contributed by atoms with Crippen molar-refractivity contribution in [1.29, 1.82) is 0 Å². The van der Waals surface area contributed by atoms with Gasteiger partial charge in [-0.1, -0.05) is 154 Å². The second kappa shape index (κ2) is 19.3. The van der Waals surface area contributed by atoms with E-state index in [1.54, 1.807) is 18.2 Å². The summed E-state index contributed by atoms with van der Waals surface area (Å²) in [4.78, 5) is 27.5. The van der Waals surface area contributed by atoms with Gasteiger partial charge in [0.2, 0.25) is 0 Å². The van der Waals surface area contributed by atoms with E-state index in [-0.39, 0.29) is 43.9 Å². The smallest absolute Gasteiger partial charge is 0.340 e. The molecule has 52 heavy (non-hydrogen) atoms. The SMILES string of the molecule is CCCCCCCCCC(CCCC)OC(=O)c1cccc(Nc2[nH]n(-c3c(Cl)cc(Cl)cc3Cl)c(=O)c2N=Nc2cccc3ccccc23)c1Cl. The molecule has 0 bridgehead atoms. The van der Waals surface area contributed by atoms with Gasteiger partial charge in [0.1, 0.15) is 11.8 Å². The number of hydrogen-bond acceptors (Lipinski definition) is 6. The van der Waals surface area contributed by atoms with Crippen LogP contribution in [0.2, 0.25) is 20.1 Å². The van der Waals surface area contributed by atoms with Crippen LogP contribution in [0.4, 0.5) is 22.9 Å². The number of nitrogens with one attached hydrogen (secondary N) is 2. The van der Waals surface area contributed by atoms with Crippen LogP contribution in [0.3, 0.4) is 0 Å². The highest BCUT2D eigenvalue weighted by atomic mass is 35.5. The minimum Gasteiger partial charge on any atom is -0.459 e. The number of carbonyl (C=O) groups is 1. The van der Waals surface area contributed by atoms with Gasteiger partial charge in [0.15, 0.2) is 11.5 Å². The molecule has 0 aliphatic rings. The van der Waals surface area contributed by atoms with Crippen LogP contribution in [0.1, 0.15) is 94.8 Å². The van der Waals surface area contributed by atoms with Crippen LogP contribution in [0.5, 0.6) is 0 Å². The molecule has 0 aliphatic carbocycles. The lowest BCUT2D eigenvalue weighted by Gasteiger charge is -2.19. The number of aromatic nitrogens is 2. The third-order valence-corrected chi connectivity index (χ3v) is 10.1. The molecule has 0 amide bonds. The highest BCUT2D eigenvalue weighted by Crippen LogP contribution is 2.36. The molecule has 4 aromatic carbocycles. The molecule has 274 valence electrons. The number of halogens is 4. The van der Waals surface area contributed by atoms with Gasteiger partial charge >= 0.3 is 11.5 Å². The molecule has 0 saturated heterocycles. The van der Waals surface area contributed by atoms with E-state index in [1.807, 2.05) is 42.5 Å². The number of carbonyl (C=O) groups excluding carboxylic acids is 1. The minimum absolute atomic E-state index is 0.0756. The molecule has 0 aliphatic heterocycles. The predicted molar refractivity (Wildman–Crippen MR) is 216 cm³/mol. The number of fused-ring (bicyclic) bond motifs is 1. The number of azo groups is 1. The van der Waals surface area contributed by atoms with E-state index in [1.165, 1.54) is 44.2 Å². The van der Waals surface area contributed by atoms with E-state index in [2.05, 4.69) is 34.5 Å². The molecular weight excluding hydrogens is 740 g/mol. The molecular formula is C40H43Cl4N5O3. The zero-order valence-electron chi connectivity index (χ0n) is 29.4. The van der Waals surface area contributed by atoms with Gasteiger partial charge in [-0.2, -0.15) is 0 Å². The van der Waals surface area contributed by atoms with Gasteiger partial charge in [-0.25, -0.2) is 9.48 Å². The molecule has 1 heterocycles. The van der Waals surface area contributed by atoms with Crippen molar-refractivity contribution in [3.8, 4) is 5.69 Å². The van der Waals surface area contributed by atoms with Gasteiger partial charge in [-0.3, -0.25) is 9.89 Å². The fraction of sp³-hybridized carbons (Fsp3) is 0.350. The van der Waals surface area contributed by atoms with Crippen LogP contribution in [-0.4, -0.2) is 21.9 Å². The summed E-state index contributed by atoms with van der Waals surface area (Å²) in [6, 6.07) is 21.4. The topological polar surface area (TPSA) is 101 Å². The molecule has 12 heteroatoms. The summed E-state index contributed by atoms with van der Waals surface area (Å²) in [5.41, 5.74) is 0.626. The molecule has 0 saturated carbocycles. The summed E-state index contributed by atoms with van der Waals surface area (Å²) in [6.07, 6.45) is 11.7. The van der Waals surface area contributed by atoms with Crippen molar-refractivity contribution in [2.75, 3.05) is 5.32 Å². The van der Waals surface area contributed by atoms with Gasteiger partial charge in [0.05, 0.1) is 32.0 Å². The second-order valence-electron chi connectivity index (χ2n) is 12.8. The van der Waals surface area contributed by atoms with Gasteiger partial charge in [-0.05, 0) is 55.0 Å². The number of unbranched alkanes of at least 4 members (excludes halogenated alkanes) is 7. The standard InChI is InChI=1S/C40H43Cl4N5O3/c1-3-5-7-8-9-10-11-19-28(18-6-4-2)52-40(51)30-21-15-23-34(35(30)44)45-38-36(47-46-33-22-14-17-26-16-12-13-20-29(26)33)39(50)49(48-38)37-31(42)24-27(41)25-32(37)43/h12-17,20-25,28,45,48H,3-11,18-19H2,1-2H3. The van der Waals surface area contributed by atoms with Crippen molar-refractivity contribution in [1.82, 2.24) is 9.78 Å². The monoisotopic (exact) mass is 781 g/mol. The molecule has 1 aromatic heterocycles. The summed E-state index contributed by atoms with van der Waals surface area (Å²) in [5.74, 6) is -0.359. The Labute approximate surface area is 324 Å². The summed E-state index contributed by atoms with van der Waals surface area (Å²) in [6.45, 7) is 4.34. The zero-order chi connectivity index (χ0) is 37.0. The number of anilines is 2. The quantitative estimate of drug-likeness (QED) is 0.0525. The lowest BCUT2D eigenvalue weighted by atomic mass is 10.0. The first kappa shape index (κ1) is 39.4. The Hall–Kier alpha value is -3.82. The maximum Gasteiger partial charge on any atom is 0.340 e. The maximum atomic E-state index is 14.0. The number of rotatable bonds is 18. The van der Waals surface area contributed by atoms with Crippen molar-refractivity contribution in [2.24, 2.45) is 10.2 Å². The van der Waals surface area contributed by atoms with E-state index in [0.29, 0.717) is 16.4 Å². The number of H-pyrrole nitrogens is 1. The number of aromatic amines is 1. The summed E-state index contributed by atoms with van der Waals surface area (Å²) in [5, 5.41) is 17.6. The van der Waals surface area contributed by atoms with Crippen molar-refractivity contribution < 1.29 is 9.53 Å². The molecule has 8 nitrogen and oxygen atoms in total. The fourth-order valence-corrected chi connectivity index (χ4v) is 7.31. The van der Waals surface area contributed by atoms with Crippen molar-refractivity contribution >= 4 is 86.0 Å². The Bertz CT molecular complexity index is 2050. The average Bonchev–Trinajstić information content (AvgIpc) is 3.42. The van der Waals surface area contributed by atoms with E-state index >= 15 is 0 Å². The minimum atomic E-state index is -0.589. The molecule has 0 spiro atoms. The molecule has 2 N–H and O–H groups in total.